The zero-order chi connectivity index (χ0) is 9.84. The van der Waals surface area contributed by atoms with E-state index in [9.17, 15) is 4.39 Å². The summed E-state index contributed by atoms with van der Waals surface area (Å²) in [5.41, 5.74) is 0.850. The molecule has 0 aromatic heterocycles. The Hall–Kier alpha value is -0.360. The van der Waals surface area contributed by atoms with Crippen LogP contribution in [0.15, 0.2) is 18.2 Å². The fourth-order valence-corrected chi connectivity index (χ4v) is 1.56. The molecule has 0 amide bonds. The van der Waals surface area contributed by atoms with Gasteiger partial charge in [-0.05, 0) is 47.7 Å². The molecule has 2 nitrogen and oxygen atoms in total. The Kier molecular flexibility index (Phi) is 3.92. The highest BCUT2D eigenvalue weighted by Crippen LogP contribution is 2.18. The third-order valence-electron chi connectivity index (χ3n) is 1.52. The van der Waals surface area contributed by atoms with Gasteiger partial charge in [0, 0.05) is 15.8 Å². The molecule has 0 unspecified atom stereocenters. The van der Waals surface area contributed by atoms with Crippen LogP contribution in [0.3, 0.4) is 0 Å². The van der Waals surface area contributed by atoms with Gasteiger partial charge >= 0.3 is 0 Å². The van der Waals surface area contributed by atoms with Gasteiger partial charge in [-0.1, -0.05) is 0 Å². The molecular weight excluding hydrogens is 284 g/mol. The molecule has 4 heteroatoms. The van der Waals surface area contributed by atoms with E-state index in [4.69, 9.17) is 5.11 Å². The molecule has 1 atom stereocenters. The van der Waals surface area contributed by atoms with E-state index in [1.54, 1.807) is 13.0 Å². The van der Waals surface area contributed by atoms with Crippen molar-refractivity contribution in [2.75, 3.05) is 11.9 Å². The Morgan fingerprint density at radius 2 is 2.31 bits per heavy atom. The largest absolute Gasteiger partial charge is 0.392 e. The van der Waals surface area contributed by atoms with Crippen molar-refractivity contribution in [3.8, 4) is 0 Å². The summed E-state index contributed by atoms with van der Waals surface area (Å²) in [5.74, 6) is -0.244. The minimum absolute atomic E-state index is 0.244. The van der Waals surface area contributed by atoms with Gasteiger partial charge in [-0.15, -0.1) is 0 Å². The van der Waals surface area contributed by atoms with Crippen molar-refractivity contribution in [1.29, 1.82) is 0 Å². The van der Waals surface area contributed by atoms with Gasteiger partial charge < -0.3 is 10.4 Å². The van der Waals surface area contributed by atoms with E-state index in [2.05, 4.69) is 5.32 Å². The maximum absolute atomic E-state index is 12.7. The standard InChI is InChI=1S/C9H11FINO/c1-6(13)5-12-9-3-2-7(10)4-8(9)11/h2-4,6,12-13H,5H2,1H3/t6-/m0/s1. The second-order valence-corrected chi connectivity index (χ2v) is 4.02. The molecule has 0 fully saturated rings. The molecule has 1 rings (SSSR count). The summed E-state index contributed by atoms with van der Waals surface area (Å²) in [7, 11) is 0. The van der Waals surface area contributed by atoms with Gasteiger partial charge in [0.25, 0.3) is 0 Å². The third-order valence-corrected chi connectivity index (χ3v) is 2.41. The summed E-state index contributed by atoms with van der Waals surface area (Å²) in [4.78, 5) is 0. The Balaban J connectivity index is 2.67. The molecule has 0 saturated heterocycles. The first-order valence-electron chi connectivity index (χ1n) is 3.96. The second kappa shape index (κ2) is 4.76. The average Bonchev–Trinajstić information content (AvgIpc) is 2.02. The van der Waals surface area contributed by atoms with Crippen LogP contribution in [0.25, 0.3) is 0 Å². The number of anilines is 1. The van der Waals surface area contributed by atoms with Crippen LogP contribution in [0.4, 0.5) is 10.1 Å². The topological polar surface area (TPSA) is 32.3 Å². The van der Waals surface area contributed by atoms with Crippen molar-refractivity contribution in [2.24, 2.45) is 0 Å². The lowest BCUT2D eigenvalue weighted by molar-refractivity contribution is 0.208. The molecule has 0 bridgehead atoms. The minimum atomic E-state index is -0.402. The Labute approximate surface area is 90.3 Å². The van der Waals surface area contributed by atoms with Crippen molar-refractivity contribution < 1.29 is 9.50 Å². The molecule has 0 aliphatic rings. The molecule has 0 aliphatic carbocycles. The van der Waals surface area contributed by atoms with Gasteiger partial charge in [-0.2, -0.15) is 0 Å². The molecule has 1 aromatic carbocycles. The summed E-state index contributed by atoms with van der Waals surface area (Å²) in [6, 6.07) is 4.51. The fraction of sp³-hybridized carbons (Fsp3) is 0.333. The number of benzene rings is 1. The smallest absolute Gasteiger partial charge is 0.124 e. The maximum Gasteiger partial charge on any atom is 0.124 e. The highest BCUT2D eigenvalue weighted by atomic mass is 127. The average molecular weight is 295 g/mol. The summed E-state index contributed by atoms with van der Waals surface area (Å²) < 4.78 is 13.5. The van der Waals surface area contributed by atoms with Crippen LogP contribution >= 0.6 is 22.6 Å². The highest BCUT2D eigenvalue weighted by Gasteiger charge is 2.01. The van der Waals surface area contributed by atoms with Gasteiger partial charge in [0.2, 0.25) is 0 Å². The number of aliphatic hydroxyl groups excluding tert-OH is 1. The number of rotatable bonds is 3. The Morgan fingerprint density at radius 3 is 2.85 bits per heavy atom. The fourth-order valence-electron chi connectivity index (χ4n) is 0.891. The van der Waals surface area contributed by atoms with Crippen LogP contribution in [-0.4, -0.2) is 17.8 Å². The Bertz CT molecular complexity index is 291. The minimum Gasteiger partial charge on any atom is -0.392 e. The molecule has 1 aromatic rings. The van der Waals surface area contributed by atoms with E-state index in [0.717, 1.165) is 9.26 Å². The van der Waals surface area contributed by atoms with Gasteiger partial charge in [-0.3, -0.25) is 0 Å². The van der Waals surface area contributed by atoms with Crippen LogP contribution in [0.2, 0.25) is 0 Å². The van der Waals surface area contributed by atoms with E-state index in [1.807, 2.05) is 22.6 Å². The molecule has 0 aliphatic heterocycles. The van der Waals surface area contributed by atoms with E-state index in [1.165, 1.54) is 12.1 Å². The van der Waals surface area contributed by atoms with E-state index in [-0.39, 0.29) is 5.82 Å². The summed E-state index contributed by atoms with van der Waals surface area (Å²) in [6.07, 6.45) is -0.402. The SMILES string of the molecule is C[C@H](O)CNc1ccc(F)cc1I. The van der Waals surface area contributed by atoms with Crippen molar-refractivity contribution in [3.05, 3.63) is 27.6 Å². The monoisotopic (exact) mass is 295 g/mol. The lowest BCUT2D eigenvalue weighted by Crippen LogP contribution is -2.15. The number of hydrogen-bond acceptors (Lipinski definition) is 2. The first-order valence-corrected chi connectivity index (χ1v) is 5.04. The van der Waals surface area contributed by atoms with Crippen LogP contribution in [0, 0.1) is 9.39 Å². The van der Waals surface area contributed by atoms with Crippen LogP contribution in [-0.2, 0) is 0 Å². The molecule has 0 radical (unpaired) electrons. The lowest BCUT2D eigenvalue weighted by atomic mass is 10.3. The van der Waals surface area contributed by atoms with Crippen molar-refractivity contribution in [3.63, 3.8) is 0 Å². The van der Waals surface area contributed by atoms with Gasteiger partial charge in [0.1, 0.15) is 5.82 Å². The first kappa shape index (κ1) is 10.7. The van der Waals surface area contributed by atoms with Gasteiger partial charge in [0.05, 0.1) is 6.10 Å². The third kappa shape index (κ3) is 3.48. The van der Waals surface area contributed by atoms with Crippen LogP contribution in [0.1, 0.15) is 6.92 Å². The van der Waals surface area contributed by atoms with Crippen molar-refractivity contribution >= 4 is 28.3 Å². The number of halogens is 2. The molecule has 13 heavy (non-hydrogen) atoms. The zero-order valence-electron chi connectivity index (χ0n) is 7.22. The number of aliphatic hydroxyl groups is 1. The predicted molar refractivity (Wildman–Crippen MR) is 59.3 cm³/mol. The number of hydrogen-bond donors (Lipinski definition) is 2. The van der Waals surface area contributed by atoms with Crippen LogP contribution < -0.4 is 5.32 Å². The van der Waals surface area contributed by atoms with Gasteiger partial charge in [0.15, 0.2) is 0 Å². The quantitative estimate of drug-likeness (QED) is 0.838. The van der Waals surface area contributed by atoms with E-state index in [0.29, 0.717) is 6.54 Å². The molecular formula is C9H11FINO. The van der Waals surface area contributed by atoms with Crippen molar-refractivity contribution in [2.45, 2.75) is 13.0 Å². The second-order valence-electron chi connectivity index (χ2n) is 2.85. The Morgan fingerprint density at radius 1 is 1.62 bits per heavy atom. The zero-order valence-corrected chi connectivity index (χ0v) is 9.38. The highest BCUT2D eigenvalue weighted by molar-refractivity contribution is 14.1. The summed E-state index contributed by atoms with van der Waals surface area (Å²) in [5, 5.41) is 12.0. The summed E-state index contributed by atoms with van der Waals surface area (Å²) >= 11 is 2.05. The van der Waals surface area contributed by atoms with Crippen LogP contribution in [0.5, 0.6) is 0 Å². The molecule has 2 N–H and O–H groups in total. The molecule has 0 heterocycles. The first-order chi connectivity index (χ1) is 6.09. The van der Waals surface area contributed by atoms with Gasteiger partial charge in [-0.25, -0.2) is 4.39 Å². The molecule has 72 valence electrons. The van der Waals surface area contributed by atoms with Crippen molar-refractivity contribution in [1.82, 2.24) is 0 Å². The summed E-state index contributed by atoms with van der Waals surface area (Å²) in [6.45, 7) is 2.17. The maximum atomic E-state index is 12.7. The lowest BCUT2D eigenvalue weighted by Gasteiger charge is -2.09. The predicted octanol–water partition coefficient (Wildman–Crippen LogP) is 2.22. The molecule has 0 spiro atoms. The normalized spacial score (nSPS) is 12.6. The van der Waals surface area contributed by atoms with E-state index >= 15 is 0 Å². The van der Waals surface area contributed by atoms with E-state index < -0.39 is 6.10 Å². The molecule has 0 saturated carbocycles. The number of nitrogens with one attached hydrogen (secondary N) is 1.